The first-order chi connectivity index (χ1) is 6.32. The van der Waals surface area contributed by atoms with Crippen molar-refractivity contribution in [3.05, 3.63) is 0 Å². The van der Waals surface area contributed by atoms with Crippen LogP contribution in [0.4, 0.5) is 0 Å². The first kappa shape index (κ1) is 5.72. The number of hydrogen-bond donors (Lipinski definition) is 2. The molecule has 4 bridgehead atoms. The second kappa shape index (κ2) is 1.17. The molecule has 2 heteroatoms. The number of aliphatic hydroxyl groups is 1. The summed E-state index contributed by atoms with van der Waals surface area (Å²) in [5.41, 5.74) is -0.364. The molecule has 5 saturated carbocycles. The highest BCUT2D eigenvalue weighted by Crippen LogP contribution is 2.87. The molecule has 68 valence electrons. The molecule has 2 saturated heterocycles. The molecule has 5 aliphatic carbocycles. The lowest BCUT2D eigenvalue weighted by molar-refractivity contribution is -0.0799. The van der Waals surface area contributed by atoms with E-state index < -0.39 is 0 Å². The normalized spacial score (nSPS) is 93.5. The standard InChI is InChI=1S/C11H13NO/c13-11-8-3-1-2-4-5(3)9(11)7(4)10(12-11)6(2)8/h2-10,12-13H,1H2/t2-,3-,4-,5-,6+,7-,8+,9+,10-,11+/m0/s1. The van der Waals surface area contributed by atoms with E-state index in [1.54, 1.807) is 0 Å². The molecule has 13 heavy (non-hydrogen) atoms. The Morgan fingerprint density at radius 2 is 1.92 bits per heavy atom. The topological polar surface area (TPSA) is 32.3 Å². The van der Waals surface area contributed by atoms with Gasteiger partial charge in [-0.3, -0.25) is 5.32 Å². The van der Waals surface area contributed by atoms with Gasteiger partial charge < -0.3 is 5.11 Å². The van der Waals surface area contributed by atoms with Crippen LogP contribution in [0.15, 0.2) is 0 Å². The number of rotatable bonds is 0. The Balaban J connectivity index is 1.84. The maximum atomic E-state index is 10.6. The van der Waals surface area contributed by atoms with Crippen molar-refractivity contribution >= 4 is 0 Å². The quantitative estimate of drug-likeness (QED) is 0.544. The zero-order chi connectivity index (χ0) is 8.11. The molecule has 7 aliphatic rings. The van der Waals surface area contributed by atoms with Gasteiger partial charge in [0.15, 0.2) is 0 Å². The van der Waals surface area contributed by atoms with Crippen LogP contribution < -0.4 is 5.32 Å². The third kappa shape index (κ3) is 0.278. The molecule has 2 aliphatic heterocycles. The van der Waals surface area contributed by atoms with Gasteiger partial charge in [-0.15, -0.1) is 0 Å². The monoisotopic (exact) mass is 175 g/mol. The minimum Gasteiger partial charge on any atom is -0.375 e. The van der Waals surface area contributed by atoms with Crippen LogP contribution >= 0.6 is 0 Å². The van der Waals surface area contributed by atoms with Crippen LogP contribution in [0.1, 0.15) is 6.42 Å². The molecule has 2 heterocycles. The Bertz CT molecular complexity index is 356. The van der Waals surface area contributed by atoms with Crippen LogP contribution in [-0.2, 0) is 0 Å². The highest BCUT2D eigenvalue weighted by atomic mass is 16.3. The van der Waals surface area contributed by atoms with Crippen LogP contribution in [0.5, 0.6) is 0 Å². The van der Waals surface area contributed by atoms with Crippen LogP contribution in [0.2, 0.25) is 0 Å². The third-order valence-electron chi connectivity index (χ3n) is 6.87. The number of hydrogen-bond acceptors (Lipinski definition) is 2. The van der Waals surface area contributed by atoms with E-state index >= 15 is 0 Å². The average Bonchev–Trinajstić information content (AvgIpc) is 2.58. The van der Waals surface area contributed by atoms with Crippen molar-refractivity contribution in [1.82, 2.24) is 5.32 Å². The summed E-state index contributed by atoms with van der Waals surface area (Å²) in [5.74, 6) is 7.19. The van der Waals surface area contributed by atoms with Crippen molar-refractivity contribution in [1.29, 1.82) is 0 Å². The molecule has 0 aromatic rings. The van der Waals surface area contributed by atoms with Crippen LogP contribution in [-0.4, -0.2) is 16.9 Å². The Morgan fingerprint density at radius 3 is 2.85 bits per heavy atom. The molecule has 10 atom stereocenters. The molecular weight excluding hydrogens is 162 g/mol. The Kier molecular flexibility index (Phi) is 0.513. The first-order valence-electron chi connectivity index (χ1n) is 5.82. The maximum Gasteiger partial charge on any atom is 0.123 e. The van der Waals surface area contributed by atoms with Crippen LogP contribution in [0.25, 0.3) is 0 Å². The summed E-state index contributed by atoms with van der Waals surface area (Å²) in [4.78, 5) is 0. The molecule has 7 rings (SSSR count). The SMILES string of the molecule is O[C@@]12N[C@@H]3[C@H]4[C@H]5[C@@H]6C[C@@H]([C@@H]5[C@H]41)[C@@H]2[C@@H]63. The van der Waals surface area contributed by atoms with Gasteiger partial charge in [0.25, 0.3) is 0 Å². The second-order valence-corrected chi connectivity index (χ2v) is 6.42. The molecule has 0 aromatic heterocycles. The van der Waals surface area contributed by atoms with Crippen molar-refractivity contribution < 1.29 is 5.11 Å². The highest BCUT2D eigenvalue weighted by Gasteiger charge is 2.91. The molecule has 0 amide bonds. The zero-order valence-electron chi connectivity index (χ0n) is 7.35. The van der Waals surface area contributed by atoms with E-state index in [-0.39, 0.29) is 5.72 Å². The lowest BCUT2D eigenvalue weighted by atomic mass is 9.59. The fourth-order valence-electron chi connectivity index (χ4n) is 7.24. The lowest BCUT2D eigenvalue weighted by Crippen LogP contribution is -2.50. The van der Waals surface area contributed by atoms with Crippen molar-refractivity contribution in [3.63, 3.8) is 0 Å². The fraction of sp³-hybridized carbons (Fsp3) is 1.00. The number of nitrogens with one attached hydrogen (secondary N) is 1. The lowest BCUT2D eigenvalue weighted by Gasteiger charge is -2.45. The minimum atomic E-state index is -0.364. The summed E-state index contributed by atoms with van der Waals surface area (Å²) < 4.78 is 0. The van der Waals surface area contributed by atoms with Gasteiger partial charge in [0.05, 0.1) is 0 Å². The van der Waals surface area contributed by atoms with Crippen molar-refractivity contribution in [2.45, 2.75) is 18.2 Å². The van der Waals surface area contributed by atoms with Gasteiger partial charge in [0.1, 0.15) is 5.72 Å². The molecule has 0 aromatic carbocycles. The van der Waals surface area contributed by atoms with Gasteiger partial charge in [-0.05, 0) is 41.9 Å². The summed E-state index contributed by atoms with van der Waals surface area (Å²) in [6.07, 6.45) is 1.48. The summed E-state index contributed by atoms with van der Waals surface area (Å²) in [7, 11) is 0. The van der Waals surface area contributed by atoms with Crippen molar-refractivity contribution in [2.75, 3.05) is 0 Å². The molecule has 7 fully saturated rings. The van der Waals surface area contributed by atoms with E-state index in [1.807, 2.05) is 0 Å². The van der Waals surface area contributed by atoms with Gasteiger partial charge in [-0.25, -0.2) is 0 Å². The van der Waals surface area contributed by atoms with E-state index in [4.69, 9.17) is 0 Å². The van der Waals surface area contributed by atoms with Gasteiger partial charge in [-0.1, -0.05) is 0 Å². The Labute approximate surface area is 76.7 Å². The van der Waals surface area contributed by atoms with Gasteiger partial charge >= 0.3 is 0 Å². The summed E-state index contributed by atoms with van der Waals surface area (Å²) in [6.45, 7) is 0. The molecule has 2 nitrogen and oxygen atoms in total. The van der Waals surface area contributed by atoms with Crippen molar-refractivity contribution in [3.8, 4) is 0 Å². The van der Waals surface area contributed by atoms with Crippen LogP contribution in [0.3, 0.4) is 0 Å². The first-order valence-corrected chi connectivity index (χ1v) is 5.82. The van der Waals surface area contributed by atoms with Crippen LogP contribution in [0, 0.1) is 47.3 Å². The largest absolute Gasteiger partial charge is 0.375 e. The molecule has 0 spiro atoms. The van der Waals surface area contributed by atoms with E-state index in [1.165, 1.54) is 6.42 Å². The predicted molar refractivity (Wildman–Crippen MR) is 44.4 cm³/mol. The zero-order valence-corrected chi connectivity index (χ0v) is 7.35. The highest BCUT2D eigenvalue weighted by molar-refractivity contribution is 5.39. The Morgan fingerprint density at radius 1 is 1.00 bits per heavy atom. The van der Waals surface area contributed by atoms with E-state index in [0.717, 1.165) is 41.5 Å². The van der Waals surface area contributed by atoms with E-state index in [9.17, 15) is 5.11 Å². The summed E-state index contributed by atoms with van der Waals surface area (Å²) in [6, 6.07) is 0.749. The third-order valence-corrected chi connectivity index (χ3v) is 6.87. The summed E-state index contributed by atoms with van der Waals surface area (Å²) >= 11 is 0. The summed E-state index contributed by atoms with van der Waals surface area (Å²) in [5, 5.41) is 14.2. The molecule has 0 radical (unpaired) electrons. The molecule has 0 unspecified atom stereocenters. The Hall–Kier alpha value is -0.0800. The van der Waals surface area contributed by atoms with Gasteiger partial charge in [-0.2, -0.15) is 0 Å². The van der Waals surface area contributed by atoms with Crippen molar-refractivity contribution in [2.24, 2.45) is 47.3 Å². The fourth-order valence-corrected chi connectivity index (χ4v) is 7.24. The minimum absolute atomic E-state index is 0.364. The average molecular weight is 175 g/mol. The second-order valence-electron chi connectivity index (χ2n) is 6.42. The predicted octanol–water partition coefficient (Wildman–Crippen LogP) is 0.0345. The van der Waals surface area contributed by atoms with Gasteiger partial charge in [0.2, 0.25) is 0 Å². The van der Waals surface area contributed by atoms with E-state index in [0.29, 0.717) is 11.8 Å². The molecular formula is C11H13NO. The van der Waals surface area contributed by atoms with Gasteiger partial charge in [0, 0.05) is 17.9 Å². The van der Waals surface area contributed by atoms with E-state index in [2.05, 4.69) is 5.32 Å². The smallest absolute Gasteiger partial charge is 0.123 e. The maximum absolute atomic E-state index is 10.6. The molecule has 2 N–H and O–H groups in total.